The van der Waals surface area contributed by atoms with E-state index >= 15 is 0 Å². The van der Waals surface area contributed by atoms with E-state index in [1.807, 2.05) is 18.2 Å². The van der Waals surface area contributed by atoms with Crippen molar-refractivity contribution in [3.05, 3.63) is 48.5 Å². The highest BCUT2D eigenvalue weighted by atomic mass is 79.9. The van der Waals surface area contributed by atoms with E-state index in [1.165, 1.54) is 4.88 Å². The standard InChI is InChI=1S/C12H10Br2ClNS/c1-7(11-4-5-12(14)17-11)16-10-3-2-8(15)6-9(10)13/h2-7,16H,1H3. The fourth-order valence-electron chi connectivity index (χ4n) is 1.47. The summed E-state index contributed by atoms with van der Waals surface area (Å²) in [6.45, 7) is 2.14. The topological polar surface area (TPSA) is 12.0 Å². The Kier molecular flexibility index (Phi) is 4.53. The van der Waals surface area contributed by atoms with Gasteiger partial charge in [-0.2, -0.15) is 0 Å². The molecule has 0 spiro atoms. The summed E-state index contributed by atoms with van der Waals surface area (Å²) in [6.07, 6.45) is 0. The lowest BCUT2D eigenvalue weighted by molar-refractivity contribution is 0.907. The van der Waals surface area contributed by atoms with Crippen LogP contribution in [0.4, 0.5) is 5.69 Å². The first kappa shape index (κ1) is 13.4. The van der Waals surface area contributed by atoms with E-state index < -0.39 is 0 Å². The van der Waals surface area contributed by atoms with Crippen molar-refractivity contribution >= 4 is 60.5 Å². The molecule has 0 saturated carbocycles. The second-order valence-corrected chi connectivity index (χ2v) is 7.42. The van der Waals surface area contributed by atoms with Crippen LogP contribution in [0.5, 0.6) is 0 Å². The van der Waals surface area contributed by atoms with Gasteiger partial charge < -0.3 is 5.32 Å². The summed E-state index contributed by atoms with van der Waals surface area (Å²) in [5.74, 6) is 0. The largest absolute Gasteiger partial charge is 0.377 e. The number of anilines is 1. The SMILES string of the molecule is CC(Nc1ccc(Cl)cc1Br)c1ccc(Br)s1. The van der Waals surface area contributed by atoms with Crippen LogP contribution in [0.25, 0.3) is 0 Å². The molecule has 2 rings (SSSR count). The van der Waals surface area contributed by atoms with Crippen molar-refractivity contribution in [3.8, 4) is 0 Å². The van der Waals surface area contributed by atoms with Gasteiger partial charge >= 0.3 is 0 Å². The third kappa shape index (κ3) is 3.47. The average molecular weight is 396 g/mol. The fraction of sp³-hybridized carbons (Fsp3) is 0.167. The van der Waals surface area contributed by atoms with Crippen molar-refractivity contribution in [2.45, 2.75) is 13.0 Å². The van der Waals surface area contributed by atoms with E-state index in [1.54, 1.807) is 11.3 Å². The van der Waals surface area contributed by atoms with Crippen LogP contribution >= 0.6 is 54.8 Å². The molecule has 0 fully saturated rings. The van der Waals surface area contributed by atoms with E-state index in [0.717, 1.165) is 19.0 Å². The van der Waals surface area contributed by atoms with Gasteiger partial charge in [-0.3, -0.25) is 0 Å². The Morgan fingerprint density at radius 3 is 2.59 bits per heavy atom. The monoisotopic (exact) mass is 393 g/mol. The summed E-state index contributed by atoms with van der Waals surface area (Å²) in [4.78, 5) is 1.29. The maximum absolute atomic E-state index is 5.91. The second-order valence-electron chi connectivity index (χ2n) is 3.63. The van der Waals surface area contributed by atoms with Crippen molar-refractivity contribution in [1.82, 2.24) is 0 Å². The van der Waals surface area contributed by atoms with Gasteiger partial charge in [0.1, 0.15) is 0 Å². The predicted molar refractivity (Wildman–Crippen MR) is 83.2 cm³/mol. The summed E-state index contributed by atoms with van der Waals surface area (Å²) in [5.41, 5.74) is 1.05. The molecule has 0 bridgehead atoms. The third-order valence-electron chi connectivity index (χ3n) is 2.32. The van der Waals surface area contributed by atoms with Gasteiger partial charge in [-0.05, 0) is 69.1 Å². The first-order chi connectivity index (χ1) is 8.06. The summed E-state index contributed by atoms with van der Waals surface area (Å²) >= 11 is 14.6. The summed E-state index contributed by atoms with van der Waals surface area (Å²) in [6, 6.07) is 10.2. The number of nitrogens with one attached hydrogen (secondary N) is 1. The first-order valence-electron chi connectivity index (χ1n) is 5.03. The van der Waals surface area contributed by atoms with Crippen molar-refractivity contribution in [1.29, 1.82) is 0 Å². The highest BCUT2D eigenvalue weighted by molar-refractivity contribution is 9.11. The lowest BCUT2D eigenvalue weighted by atomic mass is 10.2. The van der Waals surface area contributed by atoms with Gasteiger partial charge in [0.05, 0.1) is 9.83 Å². The van der Waals surface area contributed by atoms with Crippen molar-refractivity contribution in [2.24, 2.45) is 0 Å². The molecule has 1 atom stereocenters. The van der Waals surface area contributed by atoms with Crippen molar-refractivity contribution in [3.63, 3.8) is 0 Å². The number of hydrogen-bond donors (Lipinski definition) is 1. The molecule has 1 N–H and O–H groups in total. The van der Waals surface area contributed by atoms with Crippen LogP contribution in [-0.2, 0) is 0 Å². The fourth-order valence-corrected chi connectivity index (χ4v) is 3.70. The maximum Gasteiger partial charge on any atom is 0.0702 e. The lowest BCUT2D eigenvalue weighted by Crippen LogP contribution is -2.05. The van der Waals surface area contributed by atoms with Gasteiger partial charge in [0.25, 0.3) is 0 Å². The summed E-state index contributed by atoms with van der Waals surface area (Å²) in [7, 11) is 0. The molecule has 1 unspecified atom stereocenters. The molecule has 1 nitrogen and oxygen atoms in total. The smallest absolute Gasteiger partial charge is 0.0702 e. The van der Waals surface area contributed by atoms with Crippen LogP contribution in [0.1, 0.15) is 17.8 Å². The minimum atomic E-state index is 0.267. The molecule has 2 aromatic rings. The second kappa shape index (κ2) is 5.74. The third-order valence-corrected chi connectivity index (χ3v) is 5.02. The summed E-state index contributed by atoms with van der Waals surface area (Å²) in [5, 5.41) is 4.18. The van der Waals surface area contributed by atoms with Crippen LogP contribution in [0.2, 0.25) is 5.02 Å². The minimum Gasteiger partial charge on any atom is -0.377 e. The quantitative estimate of drug-likeness (QED) is 0.662. The molecular formula is C12H10Br2ClNS. The molecule has 17 heavy (non-hydrogen) atoms. The van der Waals surface area contributed by atoms with Gasteiger partial charge in [0, 0.05) is 20.1 Å². The predicted octanol–water partition coefficient (Wildman–Crippen LogP) is 6.10. The Labute approximate surface area is 126 Å². The molecular weight excluding hydrogens is 385 g/mol. The number of rotatable bonds is 3. The van der Waals surface area contributed by atoms with E-state index in [2.05, 4.69) is 56.2 Å². The number of benzene rings is 1. The first-order valence-corrected chi connectivity index (χ1v) is 7.81. The maximum atomic E-state index is 5.91. The number of hydrogen-bond acceptors (Lipinski definition) is 2. The zero-order valence-corrected chi connectivity index (χ0v) is 13.8. The molecule has 0 radical (unpaired) electrons. The minimum absolute atomic E-state index is 0.267. The average Bonchev–Trinajstić information content (AvgIpc) is 2.69. The van der Waals surface area contributed by atoms with Crippen LogP contribution < -0.4 is 5.32 Å². The Morgan fingerprint density at radius 2 is 2.00 bits per heavy atom. The van der Waals surface area contributed by atoms with Gasteiger partial charge in [-0.15, -0.1) is 11.3 Å². The van der Waals surface area contributed by atoms with E-state index in [0.29, 0.717) is 0 Å². The zero-order valence-electron chi connectivity index (χ0n) is 9.01. The lowest BCUT2D eigenvalue weighted by Gasteiger charge is -2.15. The summed E-state index contributed by atoms with van der Waals surface area (Å²) < 4.78 is 2.13. The van der Waals surface area contributed by atoms with E-state index in [4.69, 9.17) is 11.6 Å². The Morgan fingerprint density at radius 1 is 1.24 bits per heavy atom. The highest BCUT2D eigenvalue weighted by Gasteiger charge is 2.09. The zero-order chi connectivity index (χ0) is 12.4. The molecule has 1 aromatic heterocycles. The van der Waals surface area contributed by atoms with E-state index in [9.17, 15) is 0 Å². The number of halogens is 3. The van der Waals surface area contributed by atoms with Gasteiger partial charge in [0.2, 0.25) is 0 Å². The molecule has 0 amide bonds. The Bertz CT molecular complexity index is 527. The Balaban J connectivity index is 2.15. The van der Waals surface area contributed by atoms with Crippen LogP contribution in [0, 0.1) is 0 Å². The highest BCUT2D eigenvalue weighted by Crippen LogP contribution is 2.32. The van der Waals surface area contributed by atoms with E-state index in [-0.39, 0.29) is 6.04 Å². The van der Waals surface area contributed by atoms with Gasteiger partial charge in [0.15, 0.2) is 0 Å². The molecule has 90 valence electrons. The van der Waals surface area contributed by atoms with Crippen LogP contribution in [0.3, 0.4) is 0 Å². The van der Waals surface area contributed by atoms with Crippen LogP contribution in [-0.4, -0.2) is 0 Å². The van der Waals surface area contributed by atoms with Gasteiger partial charge in [-0.25, -0.2) is 0 Å². The molecule has 5 heteroatoms. The number of thiophene rings is 1. The Hall–Kier alpha value is -0.0300. The van der Waals surface area contributed by atoms with Gasteiger partial charge in [-0.1, -0.05) is 11.6 Å². The van der Waals surface area contributed by atoms with Crippen molar-refractivity contribution in [2.75, 3.05) is 5.32 Å². The normalized spacial score (nSPS) is 12.5. The van der Waals surface area contributed by atoms with Crippen LogP contribution in [0.15, 0.2) is 38.6 Å². The molecule has 0 aliphatic carbocycles. The molecule has 1 aromatic carbocycles. The van der Waals surface area contributed by atoms with Crippen molar-refractivity contribution < 1.29 is 0 Å². The molecule has 0 saturated heterocycles. The molecule has 0 aliphatic heterocycles. The molecule has 0 aliphatic rings. The molecule has 1 heterocycles.